The van der Waals surface area contributed by atoms with E-state index in [-0.39, 0.29) is 5.82 Å². The van der Waals surface area contributed by atoms with E-state index in [0.717, 1.165) is 103 Å². The van der Waals surface area contributed by atoms with Crippen LogP contribution < -0.4 is 4.90 Å². The summed E-state index contributed by atoms with van der Waals surface area (Å²) in [5, 5.41) is 7.72. The molecule has 4 heterocycles. The molecule has 0 bridgehead atoms. The number of nitrogens with zero attached hydrogens (tertiary/aromatic N) is 4. The third kappa shape index (κ3) is 7.56. The number of hydrogen-bond acceptors (Lipinski definition) is 6. The molecule has 1 aromatic carbocycles. The van der Waals surface area contributed by atoms with Crippen molar-refractivity contribution in [1.82, 2.24) is 25.0 Å². The van der Waals surface area contributed by atoms with Gasteiger partial charge in [-0.25, -0.2) is 4.39 Å². The molecule has 9 heteroatoms. The maximum absolute atomic E-state index is 13.3. The number of piperidine rings is 1. The number of piperazine rings is 1. The number of nitrogens with one attached hydrogen (secondary N) is 2. The number of thiol groups is 1. The Hall–Kier alpha value is -3.27. The summed E-state index contributed by atoms with van der Waals surface area (Å²) < 4.78 is 19.4. The molecule has 2 aromatic heterocycles. The highest BCUT2D eigenvalue weighted by molar-refractivity contribution is 7.84. The molecular formula is C33H41FN6OS. The fourth-order valence-corrected chi connectivity index (χ4v) is 6.34. The van der Waals surface area contributed by atoms with Crippen molar-refractivity contribution in [2.75, 3.05) is 63.9 Å². The molecule has 0 amide bonds. The van der Waals surface area contributed by atoms with Crippen LogP contribution in [0.15, 0.2) is 53.1 Å². The molecule has 2 saturated heterocycles. The van der Waals surface area contributed by atoms with Crippen LogP contribution in [0.25, 0.3) is 29.6 Å². The lowest BCUT2D eigenvalue weighted by Gasteiger charge is -2.36. The zero-order valence-corrected chi connectivity index (χ0v) is 25.1. The Kier molecular flexibility index (Phi) is 9.47. The molecule has 2 aliphatic heterocycles. The zero-order valence-electron chi connectivity index (χ0n) is 24.2. The summed E-state index contributed by atoms with van der Waals surface area (Å²) in [6, 6.07) is 11.0. The fraction of sp³-hybridized carbons (Fsp3) is 0.424. The highest BCUT2D eigenvalue weighted by Crippen LogP contribution is 2.28. The van der Waals surface area contributed by atoms with Crippen molar-refractivity contribution in [2.45, 2.75) is 32.1 Å². The molecule has 6 rings (SSSR count). The van der Waals surface area contributed by atoms with Gasteiger partial charge in [0, 0.05) is 63.1 Å². The second kappa shape index (κ2) is 13.8. The van der Waals surface area contributed by atoms with Crippen LogP contribution in [0.5, 0.6) is 0 Å². The van der Waals surface area contributed by atoms with Crippen LogP contribution in [-0.4, -0.2) is 83.9 Å². The molecule has 2 fully saturated rings. The second-order valence-corrected chi connectivity index (χ2v) is 12.0. The van der Waals surface area contributed by atoms with Gasteiger partial charge in [0.15, 0.2) is 0 Å². The predicted molar refractivity (Wildman–Crippen MR) is 173 cm³/mol. The summed E-state index contributed by atoms with van der Waals surface area (Å²) in [5.74, 6) is 0.804. The lowest BCUT2D eigenvalue weighted by molar-refractivity contribution is 0.169. The molecule has 0 saturated carbocycles. The van der Waals surface area contributed by atoms with Crippen molar-refractivity contribution in [3.8, 4) is 11.4 Å². The number of anilines is 1. The van der Waals surface area contributed by atoms with Gasteiger partial charge in [-0.2, -0.15) is 5.10 Å². The minimum absolute atomic E-state index is 0.197. The van der Waals surface area contributed by atoms with Gasteiger partial charge in [-0.3, -0.25) is 10.00 Å². The second-order valence-electron chi connectivity index (χ2n) is 11.5. The highest BCUT2D eigenvalue weighted by atomic mass is 32.1. The van der Waals surface area contributed by atoms with Crippen molar-refractivity contribution in [2.24, 2.45) is 0 Å². The number of aromatic amines is 2. The number of hydrogen-bond donors (Lipinski definition) is 3. The Morgan fingerprint density at radius 3 is 2.62 bits per heavy atom. The number of H-pyrrole nitrogens is 2. The van der Waals surface area contributed by atoms with E-state index < -0.39 is 0 Å². The van der Waals surface area contributed by atoms with Crippen molar-refractivity contribution in [3.63, 3.8) is 0 Å². The molecule has 3 aliphatic rings. The van der Waals surface area contributed by atoms with Crippen molar-refractivity contribution < 1.29 is 9.13 Å². The van der Waals surface area contributed by atoms with Crippen molar-refractivity contribution >= 4 is 36.5 Å². The standard InChI is InChI=1S/C33H41FN6OS/c34-26-8-10-28(11-9-26)40-17-15-39(16-18-40)24-30(42)21-27-22-33(37-36-27)32-20-25-6-4-7-29(23-31(25)35-32)41-19-5-14-38-12-2-1-3-13-38/h4,6,8-11,20-23,35,42H,1-3,5,7,12-19,24H2,(H,36,37)/b30-21-. The molecule has 0 atom stereocenters. The van der Waals surface area contributed by atoms with E-state index in [1.54, 1.807) is 0 Å². The summed E-state index contributed by atoms with van der Waals surface area (Å²) in [6.45, 7) is 8.81. The van der Waals surface area contributed by atoms with Gasteiger partial charge in [0.25, 0.3) is 0 Å². The number of benzene rings is 1. The first-order chi connectivity index (χ1) is 20.6. The number of aromatic nitrogens is 3. The molecule has 3 aromatic rings. The van der Waals surface area contributed by atoms with E-state index in [0.29, 0.717) is 0 Å². The maximum atomic E-state index is 13.3. The average Bonchev–Trinajstić information content (AvgIpc) is 3.58. The largest absolute Gasteiger partial charge is 0.497 e. The number of halogens is 1. The van der Waals surface area contributed by atoms with Crippen LogP contribution in [0.2, 0.25) is 0 Å². The molecule has 2 N–H and O–H groups in total. The smallest absolute Gasteiger partial charge is 0.123 e. The van der Waals surface area contributed by atoms with Crippen molar-refractivity contribution in [1.29, 1.82) is 0 Å². The summed E-state index contributed by atoms with van der Waals surface area (Å²) in [7, 11) is 0. The summed E-state index contributed by atoms with van der Waals surface area (Å²) in [4.78, 5) is 11.8. The topological polar surface area (TPSA) is 63.4 Å². The molecular weight excluding hydrogens is 547 g/mol. The Labute approximate surface area is 253 Å². The van der Waals surface area contributed by atoms with E-state index in [4.69, 9.17) is 17.4 Å². The van der Waals surface area contributed by atoms with Crippen LogP contribution in [0, 0.1) is 5.82 Å². The van der Waals surface area contributed by atoms with E-state index in [1.807, 2.05) is 12.1 Å². The van der Waals surface area contributed by atoms with Gasteiger partial charge in [0.05, 0.1) is 18.0 Å². The molecule has 222 valence electrons. The normalized spacial score (nSPS) is 18.6. The average molecular weight is 589 g/mol. The van der Waals surface area contributed by atoms with E-state index in [2.05, 4.69) is 66.3 Å². The van der Waals surface area contributed by atoms with Crippen LogP contribution >= 0.6 is 12.6 Å². The third-order valence-electron chi connectivity index (χ3n) is 8.30. The van der Waals surface area contributed by atoms with Gasteiger partial charge in [-0.1, -0.05) is 18.6 Å². The molecule has 7 nitrogen and oxygen atoms in total. The Morgan fingerprint density at radius 2 is 1.81 bits per heavy atom. The van der Waals surface area contributed by atoms with Crippen LogP contribution in [-0.2, 0) is 4.74 Å². The van der Waals surface area contributed by atoms with Crippen LogP contribution in [0.4, 0.5) is 10.1 Å². The lowest BCUT2D eigenvalue weighted by atomic mass is 10.1. The van der Waals surface area contributed by atoms with Gasteiger partial charge in [-0.15, -0.1) is 12.6 Å². The maximum Gasteiger partial charge on any atom is 0.123 e. The molecule has 0 unspecified atom stereocenters. The Balaban J connectivity index is 1.01. The van der Waals surface area contributed by atoms with Gasteiger partial charge in [0.1, 0.15) is 17.3 Å². The first-order valence-corrected chi connectivity index (χ1v) is 15.7. The van der Waals surface area contributed by atoms with E-state index in [9.17, 15) is 4.39 Å². The number of rotatable bonds is 10. The molecule has 0 radical (unpaired) electrons. The number of allylic oxidation sites excluding steroid dienone is 1. The SMILES string of the molecule is Fc1ccc(N2CCN(C/C(S)=C/c3cc(-c4cc5c([nH]4)C=C(OCCCN4CCCCC4)CC=C5)n[nH]3)CC2)cc1. The lowest BCUT2D eigenvalue weighted by Crippen LogP contribution is -2.46. The summed E-state index contributed by atoms with van der Waals surface area (Å²) in [6.07, 6.45) is 14.4. The van der Waals surface area contributed by atoms with Gasteiger partial charge in [0.2, 0.25) is 0 Å². The minimum atomic E-state index is -0.197. The molecule has 42 heavy (non-hydrogen) atoms. The Morgan fingerprint density at radius 1 is 1.00 bits per heavy atom. The van der Waals surface area contributed by atoms with E-state index in [1.165, 1.54) is 44.5 Å². The van der Waals surface area contributed by atoms with Crippen LogP contribution in [0.3, 0.4) is 0 Å². The zero-order chi connectivity index (χ0) is 28.7. The van der Waals surface area contributed by atoms with Gasteiger partial charge >= 0.3 is 0 Å². The fourth-order valence-electron chi connectivity index (χ4n) is 6.00. The first-order valence-electron chi connectivity index (χ1n) is 15.2. The van der Waals surface area contributed by atoms with Crippen molar-refractivity contribution in [3.05, 3.63) is 75.9 Å². The Bertz CT molecular complexity index is 1410. The predicted octanol–water partition coefficient (Wildman–Crippen LogP) is 6.29. The minimum Gasteiger partial charge on any atom is -0.497 e. The van der Waals surface area contributed by atoms with Crippen LogP contribution in [0.1, 0.15) is 49.1 Å². The first kappa shape index (κ1) is 28.8. The monoisotopic (exact) mass is 588 g/mol. The number of ether oxygens (including phenoxy) is 1. The summed E-state index contributed by atoms with van der Waals surface area (Å²) in [5.41, 5.74) is 6.04. The molecule has 1 aliphatic carbocycles. The third-order valence-corrected chi connectivity index (χ3v) is 8.57. The number of fused-ring (bicyclic) bond motifs is 1. The molecule has 0 spiro atoms. The van der Waals surface area contributed by atoms with E-state index >= 15 is 0 Å². The summed E-state index contributed by atoms with van der Waals surface area (Å²) >= 11 is 4.77. The van der Waals surface area contributed by atoms with Gasteiger partial charge < -0.3 is 19.5 Å². The quantitative estimate of drug-likeness (QED) is 0.192. The van der Waals surface area contributed by atoms with Gasteiger partial charge in [-0.05, 0) is 85.3 Å². The highest BCUT2D eigenvalue weighted by Gasteiger charge is 2.18. The number of likely N-dealkylation sites (tertiary alicyclic amines) is 1.